The zero-order valence-electron chi connectivity index (χ0n) is 15.1. The van der Waals surface area contributed by atoms with Crippen LogP contribution in [0.2, 0.25) is 0 Å². The predicted molar refractivity (Wildman–Crippen MR) is 101 cm³/mol. The molecule has 1 aliphatic rings. The number of fused-ring (bicyclic) bond motifs is 1. The molecular formula is C20H25N3O3. The van der Waals surface area contributed by atoms with Crippen molar-refractivity contribution >= 4 is 22.6 Å². The van der Waals surface area contributed by atoms with Crippen LogP contribution in [-0.2, 0) is 16.1 Å². The van der Waals surface area contributed by atoms with E-state index in [1.807, 2.05) is 23.1 Å². The van der Waals surface area contributed by atoms with Gasteiger partial charge in [0.1, 0.15) is 6.54 Å². The molecule has 0 radical (unpaired) electrons. The zero-order chi connectivity index (χ0) is 18.5. The smallest absolute Gasteiger partial charge is 0.258 e. The SMILES string of the molecule is CC1CCN(C(=O)CCNC(=O)Cn2ccc3ccccc3c2=O)CC1. The summed E-state index contributed by atoms with van der Waals surface area (Å²) in [7, 11) is 0. The average Bonchev–Trinajstić information content (AvgIpc) is 2.65. The van der Waals surface area contributed by atoms with Gasteiger partial charge in [0.25, 0.3) is 5.56 Å². The molecule has 1 aromatic carbocycles. The van der Waals surface area contributed by atoms with E-state index in [9.17, 15) is 14.4 Å². The van der Waals surface area contributed by atoms with Crippen LogP contribution in [-0.4, -0.2) is 40.9 Å². The first-order valence-corrected chi connectivity index (χ1v) is 9.17. The third-order valence-corrected chi connectivity index (χ3v) is 5.00. The minimum atomic E-state index is -0.262. The first-order valence-electron chi connectivity index (χ1n) is 9.17. The van der Waals surface area contributed by atoms with Gasteiger partial charge in [-0.3, -0.25) is 14.4 Å². The third kappa shape index (κ3) is 4.31. The highest BCUT2D eigenvalue weighted by Gasteiger charge is 2.19. The molecule has 2 amide bonds. The highest BCUT2D eigenvalue weighted by molar-refractivity contribution is 5.82. The molecule has 0 aliphatic carbocycles. The molecular weight excluding hydrogens is 330 g/mol. The van der Waals surface area contributed by atoms with Crippen LogP contribution >= 0.6 is 0 Å². The molecule has 1 aliphatic heterocycles. The predicted octanol–water partition coefficient (Wildman–Crippen LogP) is 1.77. The average molecular weight is 355 g/mol. The van der Waals surface area contributed by atoms with Gasteiger partial charge in [-0.2, -0.15) is 0 Å². The molecule has 0 spiro atoms. The molecule has 26 heavy (non-hydrogen) atoms. The first-order chi connectivity index (χ1) is 12.5. The van der Waals surface area contributed by atoms with E-state index in [1.165, 1.54) is 4.57 Å². The Morgan fingerprint density at radius 2 is 1.88 bits per heavy atom. The number of pyridine rings is 1. The van der Waals surface area contributed by atoms with Gasteiger partial charge in [0.05, 0.1) is 0 Å². The van der Waals surface area contributed by atoms with Crippen LogP contribution in [0, 0.1) is 5.92 Å². The van der Waals surface area contributed by atoms with Crippen LogP contribution in [0.15, 0.2) is 41.3 Å². The molecule has 1 N–H and O–H groups in total. The van der Waals surface area contributed by atoms with E-state index in [0.29, 0.717) is 24.3 Å². The van der Waals surface area contributed by atoms with Gasteiger partial charge in [-0.1, -0.05) is 25.1 Å². The van der Waals surface area contributed by atoms with Crippen molar-refractivity contribution in [3.05, 3.63) is 46.9 Å². The summed E-state index contributed by atoms with van der Waals surface area (Å²) in [5.41, 5.74) is -0.184. The number of hydrogen-bond acceptors (Lipinski definition) is 3. The van der Waals surface area contributed by atoms with Gasteiger partial charge in [0, 0.05) is 37.6 Å². The van der Waals surface area contributed by atoms with Crippen LogP contribution in [0.1, 0.15) is 26.2 Å². The number of hydrogen-bond donors (Lipinski definition) is 1. The fourth-order valence-electron chi connectivity index (χ4n) is 3.29. The summed E-state index contributed by atoms with van der Waals surface area (Å²) >= 11 is 0. The van der Waals surface area contributed by atoms with Crippen LogP contribution in [0.3, 0.4) is 0 Å². The van der Waals surface area contributed by atoms with Crippen molar-refractivity contribution in [2.24, 2.45) is 5.92 Å². The number of carbonyl (C=O) groups excluding carboxylic acids is 2. The minimum Gasteiger partial charge on any atom is -0.354 e. The van der Waals surface area contributed by atoms with Crippen LogP contribution in [0.25, 0.3) is 10.8 Å². The van der Waals surface area contributed by atoms with Crippen LogP contribution in [0.4, 0.5) is 0 Å². The summed E-state index contributed by atoms with van der Waals surface area (Å²) < 4.78 is 1.39. The number of nitrogens with one attached hydrogen (secondary N) is 1. The molecule has 1 fully saturated rings. The van der Waals surface area contributed by atoms with Crippen molar-refractivity contribution in [1.29, 1.82) is 0 Å². The van der Waals surface area contributed by atoms with E-state index in [4.69, 9.17) is 0 Å². The second-order valence-electron chi connectivity index (χ2n) is 7.00. The topological polar surface area (TPSA) is 71.4 Å². The summed E-state index contributed by atoms with van der Waals surface area (Å²) in [4.78, 5) is 38.5. The quantitative estimate of drug-likeness (QED) is 0.888. The van der Waals surface area contributed by atoms with E-state index in [1.54, 1.807) is 18.3 Å². The highest BCUT2D eigenvalue weighted by atomic mass is 16.2. The Labute approximate surface area is 152 Å². The summed E-state index contributed by atoms with van der Waals surface area (Å²) in [5, 5.41) is 4.19. The molecule has 1 aromatic heterocycles. The lowest BCUT2D eigenvalue weighted by molar-refractivity contribution is -0.132. The number of aromatic nitrogens is 1. The van der Waals surface area contributed by atoms with Gasteiger partial charge >= 0.3 is 0 Å². The Balaban J connectivity index is 1.49. The Bertz CT molecular complexity index is 851. The molecule has 1 saturated heterocycles. The lowest BCUT2D eigenvalue weighted by Crippen LogP contribution is -2.40. The van der Waals surface area contributed by atoms with Crippen LogP contribution in [0.5, 0.6) is 0 Å². The van der Waals surface area contributed by atoms with Gasteiger partial charge in [-0.05, 0) is 36.3 Å². The van der Waals surface area contributed by atoms with Gasteiger partial charge in [0.15, 0.2) is 0 Å². The highest BCUT2D eigenvalue weighted by Crippen LogP contribution is 2.16. The van der Waals surface area contributed by atoms with Crippen molar-refractivity contribution in [2.45, 2.75) is 32.7 Å². The third-order valence-electron chi connectivity index (χ3n) is 5.00. The van der Waals surface area contributed by atoms with Gasteiger partial charge in [0.2, 0.25) is 11.8 Å². The van der Waals surface area contributed by atoms with Crippen LogP contribution < -0.4 is 10.9 Å². The second-order valence-corrected chi connectivity index (χ2v) is 7.00. The normalized spacial score (nSPS) is 15.2. The fourth-order valence-corrected chi connectivity index (χ4v) is 3.29. The van der Waals surface area contributed by atoms with Gasteiger partial charge in [-0.25, -0.2) is 0 Å². The molecule has 0 atom stereocenters. The molecule has 6 nitrogen and oxygen atoms in total. The Kier molecular flexibility index (Phi) is 5.71. The maximum Gasteiger partial charge on any atom is 0.258 e. The van der Waals surface area contributed by atoms with Crippen molar-refractivity contribution in [3.63, 3.8) is 0 Å². The van der Waals surface area contributed by atoms with Gasteiger partial charge in [-0.15, -0.1) is 0 Å². The number of likely N-dealkylation sites (tertiary alicyclic amines) is 1. The molecule has 0 bridgehead atoms. The van der Waals surface area contributed by atoms with E-state index in [-0.39, 0.29) is 23.9 Å². The van der Waals surface area contributed by atoms with Crippen molar-refractivity contribution in [3.8, 4) is 0 Å². The minimum absolute atomic E-state index is 0.0426. The largest absolute Gasteiger partial charge is 0.354 e. The summed E-state index contributed by atoms with van der Waals surface area (Å²) in [5.74, 6) is 0.501. The Morgan fingerprint density at radius 1 is 1.15 bits per heavy atom. The number of benzene rings is 1. The fraction of sp³-hybridized carbons (Fsp3) is 0.450. The standard InChI is InChI=1S/C20H25N3O3/c1-15-7-11-22(12-8-15)19(25)6-10-21-18(24)14-23-13-9-16-4-2-3-5-17(16)20(23)26/h2-5,9,13,15H,6-8,10-12,14H2,1H3,(H,21,24). The van der Waals surface area contributed by atoms with E-state index in [2.05, 4.69) is 12.2 Å². The molecule has 138 valence electrons. The maximum atomic E-state index is 12.4. The number of amides is 2. The number of nitrogens with zero attached hydrogens (tertiary/aromatic N) is 2. The van der Waals surface area contributed by atoms with Crippen molar-refractivity contribution < 1.29 is 9.59 Å². The van der Waals surface area contributed by atoms with Crippen molar-refractivity contribution in [2.75, 3.05) is 19.6 Å². The first kappa shape index (κ1) is 18.2. The molecule has 2 aromatic rings. The monoisotopic (exact) mass is 355 g/mol. The second kappa shape index (κ2) is 8.17. The summed E-state index contributed by atoms with van der Waals surface area (Å²) in [6.07, 6.45) is 4.02. The molecule has 2 heterocycles. The Hall–Kier alpha value is -2.63. The van der Waals surface area contributed by atoms with Crippen molar-refractivity contribution in [1.82, 2.24) is 14.8 Å². The van der Waals surface area contributed by atoms with E-state index >= 15 is 0 Å². The Morgan fingerprint density at radius 3 is 2.65 bits per heavy atom. The van der Waals surface area contributed by atoms with E-state index < -0.39 is 0 Å². The maximum absolute atomic E-state index is 12.4. The number of carbonyl (C=O) groups is 2. The zero-order valence-corrected chi connectivity index (χ0v) is 15.1. The molecule has 3 rings (SSSR count). The molecule has 0 unspecified atom stereocenters. The van der Waals surface area contributed by atoms with E-state index in [0.717, 1.165) is 31.3 Å². The van der Waals surface area contributed by atoms with Gasteiger partial charge < -0.3 is 14.8 Å². The number of piperidine rings is 1. The lowest BCUT2D eigenvalue weighted by Gasteiger charge is -2.30. The summed E-state index contributed by atoms with van der Waals surface area (Å²) in [6, 6.07) is 9.13. The number of rotatable bonds is 5. The molecule has 6 heteroatoms. The summed E-state index contributed by atoms with van der Waals surface area (Å²) in [6.45, 7) is 4.07. The lowest BCUT2D eigenvalue weighted by atomic mass is 9.99. The molecule has 0 saturated carbocycles.